The molecule has 0 saturated heterocycles. The van der Waals surface area contributed by atoms with E-state index in [0.29, 0.717) is 19.0 Å². The van der Waals surface area contributed by atoms with E-state index < -0.39 is 11.2 Å². The van der Waals surface area contributed by atoms with Crippen molar-refractivity contribution in [3.05, 3.63) is 55.7 Å². The van der Waals surface area contributed by atoms with Crippen LogP contribution in [0.1, 0.15) is 69.6 Å². The zero-order valence-electron chi connectivity index (χ0n) is 19.6. The van der Waals surface area contributed by atoms with E-state index in [0.717, 1.165) is 37.7 Å². The number of nitrogens with two attached hydrogens (primary N) is 1. The molecule has 32 heavy (non-hydrogen) atoms. The van der Waals surface area contributed by atoms with Crippen molar-refractivity contribution in [2.24, 2.45) is 5.92 Å². The van der Waals surface area contributed by atoms with Gasteiger partial charge in [-0.15, -0.1) is 0 Å². The Morgan fingerprint density at radius 3 is 2.59 bits per heavy atom. The average Bonchev–Trinajstić information content (AvgIpc) is 2.75. The van der Waals surface area contributed by atoms with Gasteiger partial charge in [0.2, 0.25) is 5.91 Å². The Kier molecular flexibility index (Phi) is 7.94. The van der Waals surface area contributed by atoms with E-state index in [1.807, 2.05) is 13.0 Å². The summed E-state index contributed by atoms with van der Waals surface area (Å²) in [6.45, 7) is 6.94. The van der Waals surface area contributed by atoms with E-state index in [1.54, 1.807) is 0 Å². The van der Waals surface area contributed by atoms with E-state index >= 15 is 0 Å². The van der Waals surface area contributed by atoms with Crippen molar-refractivity contribution in [1.29, 1.82) is 0 Å². The molecule has 2 aromatic rings. The van der Waals surface area contributed by atoms with E-state index in [-0.39, 0.29) is 23.8 Å². The van der Waals surface area contributed by atoms with Gasteiger partial charge in [0.05, 0.1) is 6.42 Å². The van der Waals surface area contributed by atoms with Crippen molar-refractivity contribution in [1.82, 2.24) is 9.55 Å². The third kappa shape index (κ3) is 5.50. The van der Waals surface area contributed by atoms with Crippen LogP contribution in [-0.4, -0.2) is 22.0 Å². The van der Waals surface area contributed by atoms with Crippen LogP contribution in [0.5, 0.6) is 0 Å². The highest BCUT2D eigenvalue weighted by Crippen LogP contribution is 2.24. The summed E-state index contributed by atoms with van der Waals surface area (Å²) in [5.41, 5.74) is 8.88. The summed E-state index contributed by atoms with van der Waals surface area (Å²) in [5, 5.41) is 0. The summed E-state index contributed by atoms with van der Waals surface area (Å²) in [4.78, 5) is 42.4. The second-order valence-corrected chi connectivity index (χ2v) is 9.21. The zero-order chi connectivity index (χ0) is 23.3. The lowest BCUT2D eigenvalue weighted by Gasteiger charge is -2.26. The number of benzene rings is 1. The summed E-state index contributed by atoms with van der Waals surface area (Å²) in [6.07, 6.45) is 7.08. The lowest BCUT2D eigenvalue weighted by atomic mass is 9.90. The van der Waals surface area contributed by atoms with Crippen molar-refractivity contribution in [2.75, 3.05) is 17.2 Å². The molecule has 7 nitrogen and oxygen atoms in total. The van der Waals surface area contributed by atoms with Gasteiger partial charge in [-0.1, -0.05) is 45.4 Å². The number of amides is 1. The van der Waals surface area contributed by atoms with E-state index in [2.05, 4.69) is 31.0 Å². The van der Waals surface area contributed by atoms with Gasteiger partial charge in [0.1, 0.15) is 5.82 Å². The first-order valence-electron chi connectivity index (χ1n) is 11.9. The molecule has 0 bridgehead atoms. The molecular weight excluding hydrogens is 404 g/mol. The third-order valence-corrected chi connectivity index (χ3v) is 6.22. The first-order valence-corrected chi connectivity index (χ1v) is 11.9. The van der Waals surface area contributed by atoms with Crippen molar-refractivity contribution in [3.8, 4) is 0 Å². The van der Waals surface area contributed by atoms with Crippen LogP contribution in [0.4, 0.5) is 11.5 Å². The van der Waals surface area contributed by atoms with Crippen molar-refractivity contribution < 1.29 is 4.79 Å². The number of H-pyrrole nitrogens is 1. The van der Waals surface area contributed by atoms with Gasteiger partial charge in [0, 0.05) is 13.1 Å². The molecule has 3 rings (SSSR count). The molecular formula is C25H36N4O3. The Bertz CT molecular complexity index is 1070. The quantitative estimate of drug-likeness (QED) is 0.624. The van der Waals surface area contributed by atoms with Gasteiger partial charge in [0.25, 0.3) is 5.56 Å². The number of hydrogen-bond donors (Lipinski definition) is 2. The molecule has 1 aromatic carbocycles. The number of nitrogens with zero attached hydrogens (tertiary/aromatic N) is 2. The zero-order valence-corrected chi connectivity index (χ0v) is 19.6. The van der Waals surface area contributed by atoms with Crippen molar-refractivity contribution >= 4 is 17.4 Å². The number of unbranched alkanes of at least 4 members (excludes halogenated alkanes) is 1. The molecule has 0 saturated carbocycles. The van der Waals surface area contributed by atoms with Crippen LogP contribution in [-0.2, 0) is 30.6 Å². The number of nitrogen functional groups attached to an aromatic ring is 1. The highest BCUT2D eigenvalue weighted by atomic mass is 16.2. The molecule has 0 aliphatic heterocycles. The maximum Gasteiger partial charge on any atom is 0.330 e. The largest absolute Gasteiger partial charge is 0.383 e. The van der Waals surface area contributed by atoms with Crippen LogP contribution in [0.15, 0.2) is 27.8 Å². The second kappa shape index (κ2) is 10.7. The summed E-state index contributed by atoms with van der Waals surface area (Å²) >= 11 is 0. The Morgan fingerprint density at radius 1 is 1.19 bits per heavy atom. The number of fused-ring (bicyclic) bond motifs is 1. The highest BCUT2D eigenvalue weighted by Gasteiger charge is 2.25. The number of nitrogens with one attached hydrogen (secondary N) is 1. The molecule has 174 valence electrons. The minimum atomic E-state index is -0.609. The maximum atomic E-state index is 13.4. The molecule has 1 aromatic heterocycles. The van der Waals surface area contributed by atoms with E-state index in [4.69, 9.17) is 5.73 Å². The molecule has 1 aliphatic rings. The number of rotatable bonds is 9. The summed E-state index contributed by atoms with van der Waals surface area (Å²) < 4.78 is 1.37. The van der Waals surface area contributed by atoms with Crippen LogP contribution in [0.25, 0.3) is 0 Å². The first kappa shape index (κ1) is 23.8. The summed E-state index contributed by atoms with van der Waals surface area (Å²) in [6, 6.07) is 6.27. The maximum absolute atomic E-state index is 13.4. The molecule has 0 unspecified atom stereocenters. The van der Waals surface area contributed by atoms with Crippen LogP contribution in [0, 0.1) is 5.92 Å². The number of aromatic nitrogens is 2. The highest BCUT2D eigenvalue weighted by molar-refractivity contribution is 5.96. The predicted octanol–water partition coefficient (Wildman–Crippen LogP) is 3.42. The van der Waals surface area contributed by atoms with Gasteiger partial charge in [-0.2, -0.15) is 0 Å². The van der Waals surface area contributed by atoms with Gasteiger partial charge in [-0.05, 0) is 61.1 Å². The lowest BCUT2D eigenvalue weighted by molar-refractivity contribution is -0.118. The molecule has 1 amide bonds. The Labute approximate surface area is 189 Å². The van der Waals surface area contributed by atoms with Crippen LogP contribution in [0.2, 0.25) is 0 Å². The standard InChI is InChI=1S/C25H36N4O3/c1-4-5-13-29-23(26)22(24(31)27-25(29)32)28(14-12-17(2)3)21(30)16-18-10-11-19-8-6-7-9-20(19)15-18/h10-11,15,17H,4-9,12-14,16,26H2,1-3H3,(H,27,31,32). The molecule has 0 spiro atoms. The SMILES string of the molecule is CCCCn1c(N)c(N(CCC(C)C)C(=O)Cc2ccc3c(c2)CCCC3)c(=O)[nH]c1=O. The Hall–Kier alpha value is -2.83. The second-order valence-electron chi connectivity index (χ2n) is 9.21. The molecule has 7 heteroatoms. The Morgan fingerprint density at radius 2 is 1.91 bits per heavy atom. The summed E-state index contributed by atoms with van der Waals surface area (Å²) in [7, 11) is 0. The minimum absolute atomic E-state index is 0.0646. The third-order valence-electron chi connectivity index (χ3n) is 6.22. The van der Waals surface area contributed by atoms with Crippen molar-refractivity contribution in [2.45, 2.75) is 78.7 Å². The van der Waals surface area contributed by atoms with Gasteiger partial charge < -0.3 is 10.6 Å². The molecule has 3 N–H and O–H groups in total. The smallest absolute Gasteiger partial charge is 0.330 e. The first-order chi connectivity index (χ1) is 15.3. The predicted molar refractivity (Wildman–Crippen MR) is 129 cm³/mol. The number of hydrogen-bond acceptors (Lipinski definition) is 4. The molecule has 1 aliphatic carbocycles. The fourth-order valence-electron chi connectivity index (χ4n) is 4.29. The number of aromatic amines is 1. The normalized spacial score (nSPS) is 13.2. The number of carbonyl (C=O) groups excluding carboxylic acids is 1. The number of anilines is 2. The molecule has 0 radical (unpaired) electrons. The van der Waals surface area contributed by atoms with Crippen LogP contribution >= 0.6 is 0 Å². The van der Waals surface area contributed by atoms with Gasteiger partial charge in [-0.25, -0.2) is 4.79 Å². The fourth-order valence-corrected chi connectivity index (χ4v) is 4.29. The number of aryl methyl sites for hydroxylation is 2. The fraction of sp³-hybridized carbons (Fsp3) is 0.560. The molecule has 0 atom stereocenters. The van der Waals surface area contributed by atoms with Gasteiger partial charge in [0.15, 0.2) is 5.69 Å². The van der Waals surface area contributed by atoms with Crippen LogP contribution < -0.4 is 21.9 Å². The number of carbonyl (C=O) groups is 1. The Balaban J connectivity index is 1.95. The minimum Gasteiger partial charge on any atom is -0.383 e. The van der Waals surface area contributed by atoms with Crippen LogP contribution in [0.3, 0.4) is 0 Å². The monoisotopic (exact) mass is 440 g/mol. The summed E-state index contributed by atoms with van der Waals surface area (Å²) in [5.74, 6) is 0.231. The van der Waals surface area contributed by atoms with E-state index in [1.165, 1.54) is 33.4 Å². The topological polar surface area (TPSA) is 101 Å². The molecule has 0 fully saturated rings. The van der Waals surface area contributed by atoms with Gasteiger partial charge in [-0.3, -0.25) is 19.1 Å². The lowest BCUT2D eigenvalue weighted by Crippen LogP contribution is -2.42. The van der Waals surface area contributed by atoms with E-state index in [9.17, 15) is 14.4 Å². The van der Waals surface area contributed by atoms with Crippen molar-refractivity contribution in [3.63, 3.8) is 0 Å². The average molecular weight is 441 g/mol. The molecule has 1 heterocycles. The van der Waals surface area contributed by atoms with Gasteiger partial charge >= 0.3 is 5.69 Å².